The summed E-state index contributed by atoms with van der Waals surface area (Å²) in [5.74, 6) is 0.922. The van der Waals surface area contributed by atoms with Gasteiger partial charge in [0.2, 0.25) is 0 Å². The number of benzene rings is 2. The van der Waals surface area contributed by atoms with Crippen molar-refractivity contribution in [2.24, 2.45) is 0 Å². The SMILES string of the molecule is Cc1ccccc1OCc1coc2cccc(C)c12. The second-order valence-corrected chi connectivity index (χ2v) is 4.76. The van der Waals surface area contributed by atoms with E-state index in [-0.39, 0.29) is 0 Å². The standard InChI is InChI=1S/C17H16O2/c1-12-6-3-4-8-15(12)18-10-14-11-19-16-9-5-7-13(2)17(14)16/h3-9,11H,10H2,1-2H3. The smallest absolute Gasteiger partial charge is 0.134 e. The van der Waals surface area contributed by atoms with Crippen molar-refractivity contribution in [1.29, 1.82) is 0 Å². The number of hydrogen-bond donors (Lipinski definition) is 0. The molecule has 0 radical (unpaired) electrons. The highest BCUT2D eigenvalue weighted by atomic mass is 16.5. The van der Waals surface area contributed by atoms with E-state index in [1.54, 1.807) is 6.26 Å². The summed E-state index contributed by atoms with van der Waals surface area (Å²) in [6.45, 7) is 4.67. The molecular formula is C17H16O2. The van der Waals surface area contributed by atoms with Gasteiger partial charge in [0, 0.05) is 10.9 Å². The summed E-state index contributed by atoms with van der Waals surface area (Å²) in [5.41, 5.74) is 4.38. The summed E-state index contributed by atoms with van der Waals surface area (Å²) in [5, 5.41) is 1.16. The number of hydrogen-bond acceptors (Lipinski definition) is 2. The van der Waals surface area contributed by atoms with Gasteiger partial charge in [0.15, 0.2) is 0 Å². The summed E-state index contributed by atoms with van der Waals surface area (Å²) in [6, 6.07) is 14.1. The number of furan rings is 1. The fourth-order valence-corrected chi connectivity index (χ4v) is 2.32. The van der Waals surface area contributed by atoms with E-state index in [9.17, 15) is 0 Å². The van der Waals surface area contributed by atoms with Gasteiger partial charge in [0.25, 0.3) is 0 Å². The Hall–Kier alpha value is -2.22. The fraction of sp³-hybridized carbons (Fsp3) is 0.176. The fourth-order valence-electron chi connectivity index (χ4n) is 2.32. The van der Waals surface area contributed by atoms with Crippen molar-refractivity contribution in [1.82, 2.24) is 0 Å². The van der Waals surface area contributed by atoms with Gasteiger partial charge < -0.3 is 9.15 Å². The molecule has 1 aromatic heterocycles. The van der Waals surface area contributed by atoms with Crippen molar-refractivity contribution in [3.05, 3.63) is 65.4 Å². The van der Waals surface area contributed by atoms with Crippen LogP contribution in [-0.4, -0.2) is 0 Å². The van der Waals surface area contributed by atoms with Crippen LogP contribution in [0, 0.1) is 13.8 Å². The molecule has 0 fully saturated rings. The molecule has 3 rings (SSSR count). The third-order valence-corrected chi connectivity index (χ3v) is 3.36. The molecule has 2 nitrogen and oxygen atoms in total. The molecule has 1 heterocycles. The molecule has 0 N–H and O–H groups in total. The maximum Gasteiger partial charge on any atom is 0.134 e. The average molecular weight is 252 g/mol. The highest BCUT2D eigenvalue weighted by Crippen LogP contribution is 2.26. The van der Waals surface area contributed by atoms with E-state index in [1.807, 2.05) is 43.3 Å². The van der Waals surface area contributed by atoms with Crippen LogP contribution >= 0.6 is 0 Å². The van der Waals surface area contributed by atoms with Crippen LogP contribution in [-0.2, 0) is 6.61 Å². The molecule has 3 aromatic rings. The van der Waals surface area contributed by atoms with E-state index in [1.165, 1.54) is 5.56 Å². The van der Waals surface area contributed by atoms with Crippen molar-refractivity contribution in [3.8, 4) is 5.75 Å². The molecule has 0 amide bonds. The normalized spacial score (nSPS) is 10.8. The van der Waals surface area contributed by atoms with Crippen LogP contribution in [0.3, 0.4) is 0 Å². The third kappa shape index (κ3) is 2.22. The molecule has 0 unspecified atom stereocenters. The van der Waals surface area contributed by atoms with Crippen molar-refractivity contribution in [2.45, 2.75) is 20.5 Å². The molecule has 0 aliphatic rings. The van der Waals surface area contributed by atoms with Gasteiger partial charge in [-0.1, -0.05) is 30.3 Å². The largest absolute Gasteiger partial charge is 0.488 e. The summed E-state index contributed by atoms with van der Waals surface area (Å²) < 4.78 is 11.5. The van der Waals surface area contributed by atoms with Gasteiger partial charge in [-0.2, -0.15) is 0 Å². The molecule has 0 atom stereocenters. The van der Waals surface area contributed by atoms with Gasteiger partial charge in [-0.05, 0) is 37.1 Å². The molecule has 0 saturated heterocycles. The van der Waals surface area contributed by atoms with Gasteiger partial charge in [-0.3, -0.25) is 0 Å². The molecule has 0 saturated carbocycles. The van der Waals surface area contributed by atoms with Crippen molar-refractivity contribution in [3.63, 3.8) is 0 Å². The summed E-state index contributed by atoms with van der Waals surface area (Å²) in [4.78, 5) is 0. The molecule has 96 valence electrons. The quantitative estimate of drug-likeness (QED) is 0.678. The van der Waals surface area contributed by atoms with E-state index in [0.717, 1.165) is 27.8 Å². The lowest BCUT2D eigenvalue weighted by Crippen LogP contribution is -1.96. The van der Waals surface area contributed by atoms with Gasteiger partial charge in [-0.15, -0.1) is 0 Å². The van der Waals surface area contributed by atoms with Crippen LogP contribution in [0.2, 0.25) is 0 Å². The van der Waals surface area contributed by atoms with E-state index in [0.29, 0.717) is 6.61 Å². The maximum atomic E-state index is 5.88. The maximum absolute atomic E-state index is 5.88. The highest BCUT2D eigenvalue weighted by molar-refractivity contribution is 5.84. The molecule has 0 aliphatic carbocycles. The Morgan fingerprint density at radius 1 is 0.947 bits per heavy atom. The monoisotopic (exact) mass is 252 g/mol. The second kappa shape index (κ2) is 4.81. The van der Waals surface area contributed by atoms with Crippen LogP contribution in [0.25, 0.3) is 11.0 Å². The zero-order chi connectivity index (χ0) is 13.2. The Labute approximate surface area is 112 Å². The third-order valence-electron chi connectivity index (χ3n) is 3.36. The lowest BCUT2D eigenvalue weighted by molar-refractivity contribution is 0.304. The Bertz CT molecular complexity index is 710. The van der Waals surface area contributed by atoms with Crippen LogP contribution in [0.15, 0.2) is 53.1 Å². The molecule has 19 heavy (non-hydrogen) atoms. The summed E-state index contributed by atoms with van der Waals surface area (Å²) >= 11 is 0. The van der Waals surface area contributed by atoms with Crippen LogP contribution in [0.5, 0.6) is 5.75 Å². The van der Waals surface area contributed by atoms with Crippen LogP contribution < -0.4 is 4.74 Å². The van der Waals surface area contributed by atoms with Gasteiger partial charge in [0.05, 0.1) is 6.26 Å². The van der Waals surface area contributed by atoms with Crippen LogP contribution in [0.4, 0.5) is 0 Å². The first-order valence-corrected chi connectivity index (χ1v) is 6.40. The number of ether oxygens (including phenoxy) is 1. The average Bonchev–Trinajstić information content (AvgIpc) is 2.83. The number of para-hydroxylation sites is 1. The van der Waals surface area contributed by atoms with E-state index in [4.69, 9.17) is 9.15 Å². The minimum atomic E-state index is 0.530. The number of fused-ring (bicyclic) bond motifs is 1. The molecule has 0 aliphatic heterocycles. The Kier molecular flexibility index (Phi) is 3.00. The van der Waals surface area contributed by atoms with Gasteiger partial charge >= 0.3 is 0 Å². The predicted octanol–water partition coefficient (Wildman–Crippen LogP) is 4.63. The minimum Gasteiger partial charge on any atom is -0.488 e. The number of rotatable bonds is 3. The van der Waals surface area contributed by atoms with Crippen molar-refractivity contribution >= 4 is 11.0 Å². The summed E-state index contributed by atoms with van der Waals surface area (Å²) in [7, 11) is 0. The topological polar surface area (TPSA) is 22.4 Å². The predicted molar refractivity (Wildman–Crippen MR) is 76.5 cm³/mol. The molecule has 2 heteroatoms. The molecule has 0 bridgehead atoms. The second-order valence-electron chi connectivity index (χ2n) is 4.76. The van der Waals surface area contributed by atoms with E-state index >= 15 is 0 Å². The number of aryl methyl sites for hydroxylation is 2. The highest BCUT2D eigenvalue weighted by Gasteiger charge is 2.09. The Morgan fingerprint density at radius 3 is 2.58 bits per heavy atom. The zero-order valence-electron chi connectivity index (χ0n) is 11.1. The van der Waals surface area contributed by atoms with E-state index in [2.05, 4.69) is 13.0 Å². The van der Waals surface area contributed by atoms with E-state index < -0.39 is 0 Å². The Morgan fingerprint density at radius 2 is 1.74 bits per heavy atom. The first kappa shape index (κ1) is 11.8. The lowest BCUT2D eigenvalue weighted by Gasteiger charge is -2.08. The van der Waals surface area contributed by atoms with Gasteiger partial charge in [-0.25, -0.2) is 0 Å². The van der Waals surface area contributed by atoms with Crippen LogP contribution in [0.1, 0.15) is 16.7 Å². The molecule has 0 spiro atoms. The first-order chi connectivity index (χ1) is 9.25. The molecule has 2 aromatic carbocycles. The van der Waals surface area contributed by atoms with Gasteiger partial charge in [0.1, 0.15) is 17.9 Å². The molecular weight excluding hydrogens is 236 g/mol. The summed E-state index contributed by atoms with van der Waals surface area (Å²) in [6.07, 6.45) is 1.79. The van der Waals surface area contributed by atoms with Crippen molar-refractivity contribution < 1.29 is 9.15 Å². The minimum absolute atomic E-state index is 0.530. The first-order valence-electron chi connectivity index (χ1n) is 6.40. The Balaban J connectivity index is 1.89. The van der Waals surface area contributed by atoms with Crippen molar-refractivity contribution in [2.75, 3.05) is 0 Å². The zero-order valence-corrected chi connectivity index (χ0v) is 11.1. The lowest BCUT2D eigenvalue weighted by atomic mass is 10.1.